The first kappa shape index (κ1) is 17.6. The summed E-state index contributed by atoms with van der Waals surface area (Å²) in [6.07, 6.45) is 2.93. The maximum Gasteiger partial charge on any atom is 0.303 e. The smallest absolute Gasteiger partial charge is 0.303 e. The third-order valence-electron chi connectivity index (χ3n) is 2.26. The van der Waals surface area contributed by atoms with Crippen molar-refractivity contribution in [3.63, 3.8) is 0 Å². The minimum absolute atomic E-state index is 0.0105. The van der Waals surface area contributed by atoms with Crippen LogP contribution in [0.4, 0.5) is 0 Å². The van der Waals surface area contributed by atoms with E-state index >= 15 is 0 Å². The number of allylic oxidation sites excluding steroid dienone is 2. The van der Waals surface area contributed by atoms with Gasteiger partial charge in [-0.1, -0.05) is 12.0 Å². The van der Waals surface area contributed by atoms with Gasteiger partial charge >= 0.3 is 11.9 Å². The molecule has 1 aromatic rings. The number of ether oxygens (including phenoxy) is 2. The monoisotopic (exact) mass is 316 g/mol. The summed E-state index contributed by atoms with van der Waals surface area (Å²) in [5.41, 5.74) is 0. The Labute approximate surface area is 134 Å². The molecule has 0 aliphatic rings. The Morgan fingerprint density at radius 2 is 2.05 bits per heavy atom. The first-order chi connectivity index (χ1) is 10.5. The van der Waals surface area contributed by atoms with Crippen LogP contribution in [0.5, 0.6) is 0 Å². The third-order valence-corrected chi connectivity index (χ3v) is 3.35. The highest BCUT2D eigenvalue weighted by molar-refractivity contribution is 7.12. The molecule has 0 aliphatic carbocycles. The van der Waals surface area contributed by atoms with E-state index in [0.717, 1.165) is 9.75 Å². The van der Waals surface area contributed by atoms with E-state index in [2.05, 4.69) is 23.7 Å². The maximum absolute atomic E-state index is 11.1. The van der Waals surface area contributed by atoms with Crippen LogP contribution in [0.1, 0.15) is 36.6 Å². The highest BCUT2D eigenvalue weighted by Gasteiger charge is 2.18. The molecular weight excluding hydrogens is 300 g/mol. The molecule has 0 radical (unpaired) electrons. The van der Waals surface area contributed by atoms with E-state index in [0.29, 0.717) is 0 Å². The van der Waals surface area contributed by atoms with Gasteiger partial charge in [-0.3, -0.25) is 9.59 Å². The van der Waals surface area contributed by atoms with Crippen LogP contribution in [0.15, 0.2) is 24.3 Å². The fraction of sp³-hybridized carbons (Fsp3) is 0.294. The fourth-order valence-corrected chi connectivity index (χ4v) is 2.29. The lowest BCUT2D eigenvalue weighted by atomic mass is 10.3. The zero-order valence-corrected chi connectivity index (χ0v) is 13.5. The molecule has 0 spiro atoms. The normalized spacial score (nSPS) is 10.9. The topological polar surface area (TPSA) is 52.6 Å². The van der Waals surface area contributed by atoms with E-state index in [1.165, 1.54) is 25.2 Å². The summed E-state index contributed by atoms with van der Waals surface area (Å²) in [6.45, 7) is 4.49. The largest absolute Gasteiger partial charge is 0.462 e. The van der Waals surface area contributed by atoms with Crippen molar-refractivity contribution in [2.24, 2.45) is 0 Å². The first-order valence-electron chi connectivity index (χ1n) is 6.56. The van der Waals surface area contributed by atoms with Crippen molar-refractivity contribution in [1.29, 1.82) is 0 Å². The molecule has 0 amide bonds. The summed E-state index contributed by atoms with van der Waals surface area (Å²) < 4.78 is 10.1. The Morgan fingerprint density at radius 1 is 1.27 bits per heavy atom. The molecule has 114 valence electrons. The van der Waals surface area contributed by atoms with E-state index in [4.69, 9.17) is 9.47 Å². The molecule has 0 saturated heterocycles. The predicted molar refractivity (Wildman–Crippen MR) is 84.9 cm³/mol. The number of hydrogen-bond acceptors (Lipinski definition) is 5. The molecular formula is C17H16O4S. The number of thiophene rings is 1. The van der Waals surface area contributed by atoms with Gasteiger partial charge in [-0.2, -0.15) is 0 Å². The fourth-order valence-electron chi connectivity index (χ4n) is 1.41. The quantitative estimate of drug-likeness (QED) is 0.633. The van der Waals surface area contributed by atoms with Crippen LogP contribution in [-0.2, 0) is 19.1 Å². The molecule has 1 aromatic heterocycles. The van der Waals surface area contributed by atoms with Crippen LogP contribution in [0.3, 0.4) is 0 Å². The average Bonchev–Trinajstić information content (AvgIpc) is 2.91. The van der Waals surface area contributed by atoms with Crippen molar-refractivity contribution in [2.75, 3.05) is 6.61 Å². The van der Waals surface area contributed by atoms with Gasteiger partial charge in [0.15, 0.2) is 6.10 Å². The lowest BCUT2D eigenvalue weighted by Crippen LogP contribution is -2.15. The van der Waals surface area contributed by atoms with Crippen molar-refractivity contribution in [1.82, 2.24) is 0 Å². The van der Waals surface area contributed by atoms with Crippen LogP contribution < -0.4 is 0 Å². The van der Waals surface area contributed by atoms with E-state index in [1.807, 2.05) is 19.1 Å². The highest BCUT2D eigenvalue weighted by atomic mass is 32.1. The first-order valence-corrected chi connectivity index (χ1v) is 7.37. The Bertz CT molecular complexity index is 677. The number of rotatable bonds is 4. The van der Waals surface area contributed by atoms with Crippen LogP contribution >= 0.6 is 11.3 Å². The van der Waals surface area contributed by atoms with E-state index < -0.39 is 18.0 Å². The molecule has 0 N–H and O–H groups in total. The Balaban J connectivity index is 2.82. The molecule has 0 aliphatic heterocycles. The summed E-state index contributed by atoms with van der Waals surface area (Å²) in [4.78, 5) is 23.6. The second kappa shape index (κ2) is 9.44. The van der Waals surface area contributed by atoms with Gasteiger partial charge < -0.3 is 9.47 Å². The summed E-state index contributed by atoms with van der Waals surface area (Å²) in [5.74, 6) is 10.3. The van der Waals surface area contributed by atoms with Crippen LogP contribution in [-0.4, -0.2) is 18.5 Å². The number of carbonyl (C=O) groups excluding carboxylic acids is 2. The second-order valence-corrected chi connectivity index (χ2v) is 5.24. The predicted octanol–water partition coefficient (Wildman–Crippen LogP) is 2.85. The molecule has 0 saturated carbocycles. The van der Waals surface area contributed by atoms with Gasteiger partial charge in [0, 0.05) is 18.7 Å². The Hall–Kier alpha value is -2.50. The molecule has 0 unspecified atom stereocenters. The van der Waals surface area contributed by atoms with Gasteiger partial charge in [-0.15, -0.1) is 11.3 Å². The molecule has 22 heavy (non-hydrogen) atoms. The number of hydrogen-bond donors (Lipinski definition) is 0. The van der Waals surface area contributed by atoms with Crippen molar-refractivity contribution >= 4 is 23.3 Å². The molecule has 0 bridgehead atoms. The number of esters is 2. The molecule has 1 heterocycles. The van der Waals surface area contributed by atoms with Gasteiger partial charge in [0.2, 0.25) is 0 Å². The zero-order chi connectivity index (χ0) is 16.4. The van der Waals surface area contributed by atoms with Crippen molar-refractivity contribution < 1.29 is 19.1 Å². The second-order valence-electron chi connectivity index (χ2n) is 4.12. The Morgan fingerprint density at radius 3 is 2.68 bits per heavy atom. The van der Waals surface area contributed by atoms with Gasteiger partial charge in [-0.05, 0) is 42.9 Å². The van der Waals surface area contributed by atoms with Crippen LogP contribution in [0, 0.1) is 23.7 Å². The lowest BCUT2D eigenvalue weighted by molar-refractivity contribution is -0.156. The van der Waals surface area contributed by atoms with Gasteiger partial charge in [-0.25, -0.2) is 0 Å². The van der Waals surface area contributed by atoms with Gasteiger partial charge in [0.1, 0.15) is 6.61 Å². The minimum Gasteiger partial charge on any atom is -0.462 e. The molecule has 1 atom stereocenters. The summed E-state index contributed by atoms with van der Waals surface area (Å²) in [5, 5.41) is 0. The van der Waals surface area contributed by atoms with Crippen molar-refractivity contribution in [3.8, 4) is 23.7 Å². The standard InChI is InChI=1S/C17H16O4S/c1-4-5-6-7-8-9-15-10-11-17(22-15)16(21-14(3)19)12-20-13(2)18/h4-5,10-11,16H,12H2,1-3H3/b5-4+/t16-/m0/s1. The molecule has 1 rings (SSSR count). The van der Waals surface area contributed by atoms with E-state index in [-0.39, 0.29) is 6.61 Å². The van der Waals surface area contributed by atoms with Gasteiger partial charge in [0.05, 0.1) is 4.88 Å². The highest BCUT2D eigenvalue weighted by Crippen LogP contribution is 2.26. The SMILES string of the molecule is C/C=C/C#CC#Cc1ccc([C@H](COC(C)=O)OC(C)=O)s1. The van der Waals surface area contributed by atoms with Crippen molar-refractivity contribution in [3.05, 3.63) is 34.0 Å². The van der Waals surface area contributed by atoms with Crippen LogP contribution in [0.25, 0.3) is 0 Å². The molecule has 5 heteroatoms. The molecule has 4 nitrogen and oxygen atoms in total. The van der Waals surface area contributed by atoms with Gasteiger partial charge in [0.25, 0.3) is 0 Å². The summed E-state index contributed by atoms with van der Waals surface area (Å²) >= 11 is 1.37. The number of carbonyl (C=O) groups is 2. The summed E-state index contributed by atoms with van der Waals surface area (Å²) in [6, 6.07) is 3.61. The zero-order valence-electron chi connectivity index (χ0n) is 12.6. The van der Waals surface area contributed by atoms with Crippen molar-refractivity contribution in [2.45, 2.75) is 26.9 Å². The third kappa shape index (κ3) is 6.78. The molecule has 0 aromatic carbocycles. The lowest BCUT2D eigenvalue weighted by Gasteiger charge is -2.14. The molecule has 0 fully saturated rings. The average molecular weight is 316 g/mol. The minimum atomic E-state index is -0.615. The Kier molecular flexibility index (Phi) is 7.53. The van der Waals surface area contributed by atoms with E-state index in [9.17, 15) is 9.59 Å². The maximum atomic E-state index is 11.1. The summed E-state index contributed by atoms with van der Waals surface area (Å²) in [7, 11) is 0. The van der Waals surface area contributed by atoms with Crippen LogP contribution in [0.2, 0.25) is 0 Å². The van der Waals surface area contributed by atoms with E-state index in [1.54, 1.807) is 12.1 Å².